The lowest BCUT2D eigenvalue weighted by Crippen LogP contribution is -2.37. The molecule has 0 saturated carbocycles. The topological polar surface area (TPSA) is 108 Å². The van der Waals surface area contributed by atoms with E-state index in [4.69, 9.17) is 18.5 Å². The predicted octanol–water partition coefficient (Wildman–Crippen LogP) is 18.1. The van der Waals surface area contributed by atoms with E-state index in [9.17, 15) is 19.0 Å². The number of phosphoric ester groups is 1. The van der Waals surface area contributed by atoms with Crippen LogP contribution in [0.3, 0.4) is 0 Å². The Balaban J connectivity index is 4.09. The molecule has 0 aromatic carbocycles. The predicted molar refractivity (Wildman–Crippen MR) is 302 cm³/mol. The third-order valence-corrected chi connectivity index (χ3v) is 13.5. The molecule has 0 aromatic heterocycles. The van der Waals surface area contributed by atoms with Crippen LogP contribution >= 0.6 is 7.82 Å². The zero-order chi connectivity index (χ0) is 52.0. The molecule has 412 valence electrons. The Morgan fingerprint density at radius 1 is 0.451 bits per heavy atom. The number of carbonyl (C=O) groups excluding carboxylic acids is 2. The summed E-state index contributed by atoms with van der Waals surface area (Å²) in [6.45, 7) is 4.30. The van der Waals surface area contributed by atoms with Gasteiger partial charge in [-0.15, -0.1) is 0 Å². The number of ether oxygens (including phenoxy) is 2. The van der Waals surface area contributed by atoms with Gasteiger partial charge in [0.2, 0.25) is 0 Å². The van der Waals surface area contributed by atoms with Gasteiger partial charge in [-0.2, -0.15) is 0 Å². The SMILES string of the molecule is CC/C=C\C/C=C\C/C=C\C/C=C\CCCCCCCCCCCCCCCCCCCCC(=O)OC(COC(=O)CCCCCCC/C=C\C/C=C\CCCCCC)COP(=O)(O)OCC[N+](C)(C)C. The maximum absolute atomic E-state index is 12.8. The molecule has 0 amide bonds. The number of nitrogens with zero attached hydrogens (tertiary/aromatic N) is 1. The molecule has 10 heteroatoms. The van der Waals surface area contributed by atoms with Gasteiger partial charge >= 0.3 is 19.8 Å². The summed E-state index contributed by atoms with van der Waals surface area (Å²) in [4.78, 5) is 35.6. The lowest BCUT2D eigenvalue weighted by Gasteiger charge is -2.24. The molecule has 0 heterocycles. The summed E-state index contributed by atoms with van der Waals surface area (Å²) >= 11 is 0. The summed E-state index contributed by atoms with van der Waals surface area (Å²) in [6.07, 6.45) is 68.3. The molecule has 0 aliphatic heterocycles. The summed E-state index contributed by atoms with van der Waals surface area (Å²) in [5, 5.41) is 0. The Morgan fingerprint density at radius 2 is 0.803 bits per heavy atom. The van der Waals surface area contributed by atoms with Gasteiger partial charge < -0.3 is 18.9 Å². The summed E-state index contributed by atoms with van der Waals surface area (Å²) in [6, 6.07) is 0. The van der Waals surface area contributed by atoms with Crippen LogP contribution in [0, 0.1) is 0 Å². The number of unbranched alkanes of at least 4 members (excludes halogenated alkanes) is 27. The Morgan fingerprint density at radius 3 is 1.20 bits per heavy atom. The minimum atomic E-state index is -4.39. The van der Waals surface area contributed by atoms with Gasteiger partial charge in [0.15, 0.2) is 6.10 Å². The highest BCUT2D eigenvalue weighted by molar-refractivity contribution is 7.47. The molecule has 9 nitrogen and oxygen atoms in total. The van der Waals surface area contributed by atoms with Gasteiger partial charge in [0.25, 0.3) is 0 Å². The van der Waals surface area contributed by atoms with Gasteiger partial charge in [-0.1, -0.05) is 228 Å². The van der Waals surface area contributed by atoms with E-state index in [-0.39, 0.29) is 32.0 Å². The smallest absolute Gasteiger partial charge is 0.462 e. The molecule has 0 radical (unpaired) electrons. The van der Waals surface area contributed by atoms with Crippen molar-refractivity contribution >= 4 is 19.8 Å². The number of quaternary nitrogens is 1. The summed E-state index contributed by atoms with van der Waals surface area (Å²) in [7, 11) is 1.47. The van der Waals surface area contributed by atoms with Crippen LogP contribution in [0.25, 0.3) is 0 Å². The first-order chi connectivity index (χ1) is 34.5. The first-order valence-corrected chi connectivity index (χ1v) is 30.7. The van der Waals surface area contributed by atoms with Crippen molar-refractivity contribution in [3.05, 3.63) is 72.9 Å². The number of esters is 2. The van der Waals surface area contributed by atoms with Gasteiger partial charge in [-0.05, 0) is 83.5 Å². The van der Waals surface area contributed by atoms with Gasteiger partial charge in [0.05, 0.1) is 27.7 Å². The molecule has 0 saturated heterocycles. The molecule has 0 spiro atoms. The van der Waals surface area contributed by atoms with E-state index in [0.29, 0.717) is 17.4 Å². The van der Waals surface area contributed by atoms with E-state index in [0.717, 1.165) is 83.5 Å². The van der Waals surface area contributed by atoms with Crippen LogP contribution in [-0.2, 0) is 32.7 Å². The fourth-order valence-electron chi connectivity index (χ4n) is 7.98. The quantitative estimate of drug-likeness (QED) is 0.0211. The van der Waals surface area contributed by atoms with Crippen LogP contribution in [0.5, 0.6) is 0 Å². The van der Waals surface area contributed by atoms with Crippen LogP contribution in [-0.4, -0.2) is 74.9 Å². The lowest BCUT2D eigenvalue weighted by molar-refractivity contribution is -0.870. The van der Waals surface area contributed by atoms with Gasteiger partial charge in [-0.25, -0.2) is 4.57 Å². The fraction of sp³-hybridized carbons (Fsp3) is 0.770. The van der Waals surface area contributed by atoms with Crippen LogP contribution < -0.4 is 0 Å². The van der Waals surface area contributed by atoms with Gasteiger partial charge in [-0.3, -0.25) is 18.6 Å². The maximum Gasteiger partial charge on any atom is 0.472 e. The number of hydrogen-bond donors (Lipinski definition) is 1. The van der Waals surface area contributed by atoms with Crippen LogP contribution in [0.2, 0.25) is 0 Å². The Hall–Kier alpha value is -2.55. The molecular formula is C61H111NO8P+. The van der Waals surface area contributed by atoms with E-state index in [1.807, 2.05) is 21.1 Å². The third-order valence-electron chi connectivity index (χ3n) is 12.5. The second kappa shape index (κ2) is 52.3. The number of carbonyl (C=O) groups is 2. The molecule has 71 heavy (non-hydrogen) atoms. The number of rotatable bonds is 53. The molecule has 1 N–H and O–H groups in total. The summed E-state index contributed by atoms with van der Waals surface area (Å²) < 4.78 is 34.5. The second-order valence-electron chi connectivity index (χ2n) is 20.6. The van der Waals surface area contributed by atoms with E-state index < -0.39 is 26.5 Å². The van der Waals surface area contributed by atoms with Crippen molar-refractivity contribution in [1.82, 2.24) is 0 Å². The van der Waals surface area contributed by atoms with E-state index in [1.165, 1.54) is 135 Å². The molecular weight excluding hydrogens is 906 g/mol. The van der Waals surface area contributed by atoms with Crippen molar-refractivity contribution in [1.29, 1.82) is 0 Å². The first-order valence-electron chi connectivity index (χ1n) is 29.2. The molecule has 0 rings (SSSR count). The number of likely N-dealkylation sites (N-methyl/N-ethyl adjacent to an activating group) is 1. The van der Waals surface area contributed by atoms with Crippen molar-refractivity contribution in [2.45, 2.75) is 258 Å². The third kappa shape index (κ3) is 56.6. The van der Waals surface area contributed by atoms with Crippen molar-refractivity contribution in [2.24, 2.45) is 0 Å². The van der Waals surface area contributed by atoms with Crippen LogP contribution in [0.4, 0.5) is 0 Å². The largest absolute Gasteiger partial charge is 0.472 e. The van der Waals surface area contributed by atoms with Crippen LogP contribution in [0.1, 0.15) is 251 Å². The fourth-order valence-corrected chi connectivity index (χ4v) is 8.72. The van der Waals surface area contributed by atoms with E-state index in [2.05, 4.69) is 86.8 Å². The highest BCUT2D eigenvalue weighted by Gasteiger charge is 2.27. The Bertz CT molecular complexity index is 1430. The van der Waals surface area contributed by atoms with E-state index in [1.54, 1.807) is 0 Å². The number of phosphoric acid groups is 1. The lowest BCUT2D eigenvalue weighted by atomic mass is 10.0. The monoisotopic (exact) mass is 1020 g/mol. The molecule has 0 bridgehead atoms. The Labute approximate surface area is 438 Å². The molecule has 0 aliphatic rings. The Kier molecular flexibility index (Phi) is 50.4. The van der Waals surface area contributed by atoms with Crippen LogP contribution in [0.15, 0.2) is 72.9 Å². The zero-order valence-corrected chi connectivity index (χ0v) is 47.6. The number of hydrogen-bond acceptors (Lipinski definition) is 7. The minimum Gasteiger partial charge on any atom is -0.462 e. The van der Waals surface area contributed by atoms with Crippen molar-refractivity contribution < 1.29 is 42.1 Å². The minimum absolute atomic E-state index is 0.0282. The average Bonchev–Trinajstić information content (AvgIpc) is 3.33. The van der Waals surface area contributed by atoms with E-state index >= 15 is 0 Å². The molecule has 2 unspecified atom stereocenters. The summed E-state index contributed by atoms with van der Waals surface area (Å²) in [5.41, 5.74) is 0. The van der Waals surface area contributed by atoms with Gasteiger partial charge in [0, 0.05) is 12.8 Å². The van der Waals surface area contributed by atoms with Gasteiger partial charge in [0.1, 0.15) is 19.8 Å². The average molecular weight is 1020 g/mol. The number of allylic oxidation sites excluding steroid dienone is 12. The molecule has 0 aromatic rings. The highest BCUT2D eigenvalue weighted by Crippen LogP contribution is 2.43. The standard InChI is InChI=1S/C61H110NO8P/c1-6-8-10-12-14-16-18-20-22-24-25-26-27-28-29-30-31-32-33-34-35-36-37-38-40-42-44-46-48-50-52-54-61(64)70-59(58-69-71(65,66)68-56-55-62(3,4)5)57-67-60(63)53-51-49-47-45-43-41-39-23-21-19-17-15-13-11-9-7-2/h8,10,14,16-17,19-20,22-23,25-26,39,59H,6-7,9,11-13,15,18,21,24,27-38,40-58H2,1-5H3/p+1/b10-8-,16-14-,19-17-,22-20-,26-25-,39-23-. The van der Waals surface area contributed by atoms with Crippen molar-refractivity contribution in [2.75, 3.05) is 47.5 Å². The second-order valence-corrected chi connectivity index (χ2v) is 22.1. The van der Waals surface area contributed by atoms with Crippen molar-refractivity contribution in [3.63, 3.8) is 0 Å². The first kappa shape index (κ1) is 68.5. The summed E-state index contributed by atoms with van der Waals surface area (Å²) in [5.74, 6) is -0.808. The van der Waals surface area contributed by atoms with Crippen molar-refractivity contribution in [3.8, 4) is 0 Å². The zero-order valence-electron chi connectivity index (χ0n) is 46.7. The highest BCUT2D eigenvalue weighted by atomic mass is 31.2. The molecule has 2 atom stereocenters. The molecule has 0 fully saturated rings. The normalized spacial score (nSPS) is 13.8. The molecule has 0 aliphatic carbocycles. The maximum atomic E-state index is 12.8.